The maximum absolute atomic E-state index is 13.2. The van der Waals surface area contributed by atoms with Gasteiger partial charge in [-0.2, -0.15) is 5.26 Å². The van der Waals surface area contributed by atoms with Gasteiger partial charge in [0, 0.05) is 6.07 Å². The number of hydrogen-bond acceptors (Lipinski definition) is 3. The molecule has 1 amide bonds. The molecular weight excluding hydrogens is 254 g/mol. The number of carbonyl (C=O) groups excluding carboxylic acids is 1. The van der Waals surface area contributed by atoms with Crippen molar-refractivity contribution in [1.82, 2.24) is 5.32 Å². The Balaban J connectivity index is 2.58. The molecule has 1 aromatic rings. The number of nitrogens with one attached hydrogen (secondary N) is 1. The third kappa shape index (κ3) is 4.21. The van der Waals surface area contributed by atoms with Gasteiger partial charge in [0.05, 0.1) is 6.07 Å². The lowest BCUT2D eigenvalue weighted by Gasteiger charge is -2.21. The molecule has 0 aliphatic heterocycles. The standard InChI is InChI=1S/C13H14F2N2O2/c1-3-13(2,8-16)17-12(18)7-19-11-5-4-9(14)6-10(11)15/h4-6H,3,7H2,1-2H3,(H,17,18)/t13-/m1/s1. The van der Waals surface area contributed by atoms with Crippen LogP contribution in [0.3, 0.4) is 0 Å². The number of rotatable bonds is 5. The van der Waals surface area contributed by atoms with Crippen molar-refractivity contribution >= 4 is 5.91 Å². The fraction of sp³-hybridized carbons (Fsp3) is 0.385. The second kappa shape index (κ2) is 6.14. The molecule has 0 fully saturated rings. The van der Waals surface area contributed by atoms with Crippen molar-refractivity contribution in [3.63, 3.8) is 0 Å². The highest BCUT2D eigenvalue weighted by atomic mass is 19.1. The topological polar surface area (TPSA) is 62.1 Å². The molecule has 0 heterocycles. The third-order valence-electron chi connectivity index (χ3n) is 2.62. The minimum atomic E-state index is -0.984. The molecule has 1 N–H and O–H groups in total. The lowest BCUT2D eigenvalue weighted by molar-refractivity contribution is -0.124. The Morgan fingerprint density at radius 3 is 2.74 bits per heavy atom. The van der Waals surface area contributed by atoms with E-state index in [0.717, 1.165) is 12.1 Å². The van der Waals surface area contributed by atoms with E-state index in [1.807, 2.05) is 6.07 Å². The first-order valence-corrected chi connectivity index (χ1v) is 5.70. The molecule has 102 valence electrons. The van der Waals surface area contributed by atoms with E-state index in [-0.39, 0.29) is 5.75 Å². The zero-order valence-electron chi connectivity index (χ0n) is 10.7. The first kappa shape index (κ1) is 14.9. The summed E-state index contributed by atoms with van der Waals surface area (Å²) >= 11 is 0. The van der Waals surface area contributed by atoms with E-state index in [2.05, 4.69) is 5.32 Å². The molecule has 1 rings (SSSR count). The minimum Gasteiger partial charge on any atom is -0.481 e. The predicted molar refractivity (Wildman–Crippen MR) is 64.3 cm³/mol. The maximum atomic E-state index is 13.2. The second-order valence-electron chi connectivity index (χ2n) is 4.21. The summed E-state index contributed by atoms with van der Waals surface area (Å²) in [5.41, 5.74) is -0.984. The molecule has 1 aromatic carbocycles. The molecule has 0 bridgehead atoms. The SMILES string of the molecule is CC[C@](C)(C#N)NC(=O)COc1ccc(F)cc1F. The average Bonchev–Trinajstić information content (AvgIpc) is 2.37. The average molecular weight is 268 g/mol. The summed E-state index contributed by atoms with van der Waals surface area (Å²) in [6, 6.07) is 4.76. The highest BCUT2D eigenvalue weighted by Gasteiger charge is 2.23. The van der Waals surface area contributed by atoms with Crippen LogP contribution in [0.15, 0.2) is 18.2 Å². The van der Waals surface area contributed by atoms with Crippen LogP contribution in [0.25, 0.3) is 0 Å². The lowest BCUT2D eigenvalue weighted by atomic mass is 10.0. The Bertz CT molecular complexity index is 514. The molecule has 0 aromatic heterocycles. The summed E-state index contributed by atoms with van der Waals surface area (Å²) in [4.78, 5) is 11.5. The Kier molecular flexibility index (Phi) is 4.81. The first-order chi connectivity index (χ1) is 8.90. The Morgan fingerprint density at radius 1 is 1.53 bits per heavy atom. The van der Waals surface area contributed by atoms with Crippen LogP contribution < -0.4 is 10.1 Å². The van der Waals surface area contributed by atoms with Crippen molar-refractivity contribution in [2.75, 3.05) is 6.61 Å². The van der Waals surface area contributed by atoms with Crippen LogP contribution in [0, 0.1) is 23.0 Å². The fourth-order valence-corrected chi connectivity index (χ4v) is 1.27. The lowest BCUT2D eigenvalue weighted by Crippen LogP contribution is -2.46. The third-order valence-corrected chi connectivity index (χ3v) is 2.62. The molecule has 0 aliphatic rings. The van der Waals surface area contributed by atoms with Gasteiger partial charge in [-0.05, 0) is 25.5 Å². The Labute approximate surface area is 110 Å². The monoisotopic (exact) mass is 268 g/mol. The Morgan fingerprint density at radius 2 is 2.21 bits per heavy atom. The first-order valence-electron chi connectivity index (χ1n) is 5.70. The summed E-state index contributed by atoms with van der Waals surface area (Å²) in [5, 5.41) is 11.4. The van der Waals surface area contributed by atoms with Crippen LogP contribution in [0.1, 0.15) is 20.3 Å². The van der Waals surface area contributed by atoms with Crippen LogP contribution >= 0.6 is 0 Å². The van der Waals surface area contributed by atoms with Gasteiger partial charge in [-0.15, -0.1) is 0 Å². The van der Waals surface area contributed by atoms with Crippen LogP contribution in [-0.4, -0.2) is 18.1 Å². The number of halogens is 2. The highest BCUT2D eigenvalue weighted by Crippen LogP contribution is 2.17. The number of benzene rings is 1. The fourth-order valence-electron chi connectivity index (χ4n) is 1.27. The van der Waals surface area contributed by atoms with E-state index in [9.17, 15) is 13.6 Å². The number of nitriles is 1. The summed E-state index contributed by atoms with van der Waals surface area (Å²) in [6.07, 6.45) is 0.431. The summed E-state index contributed by atoms with van der Waals surface area (Å²) in [6.45, 7) is 2.88. The van der Waals surface area contributed by atoms with E-state index in [1.54, 1.807) is 13.8 Å². The van der Waals surface area contributed by atoms with Crippen LogP contribution in [0.4, 0.5) is 8.78 Å². The van der Waals surface area contributed by atoms with Gasteiger partial charge in [0.2, 0.25) is 0 Å². The van der Waals surface area contributed by atoms with Crippen molar-refractivity contribution in [2.24, 2.45) is 0 Å². The number of hydrogen-bond donors (Lipinski definition) is 1. The van der Waals surface area contributed by atoms with E-state index in [4.69, 9.17) is 10.00 Å². The van der Waals surface area contributed by atoms with Crippen molar-refractivity contribution in [1.29, 1.82) is 5.26 Å². The van der Waals surface area contributed by atoms with E-state index in [0.29, 0.717) is 12.5 Å². The molecule has 0 aliphatic carbocycles. The van der Waals surface area contributed by atoms with E-state index >= 15 is 0 Å². The van der Waals surface area contributed by atoms with Gasteiger partial charge in [0.25, 0.3) is 5.91 Å². The quantitative estimate of drug-likeness (QED) is 0.890. The highest BCUT2D eigenvalue weighted by molar-refractivity contribution is 5.78. The molecule has 0 saturated carbocycles. The van der Waals surface area contributed by atoms with E-state index in [1.165, 1.54) is 0 Å². The largest absolute Gasteiger partial charge is 0.481 e. The van der Waals surface area contributed by atoms with Crippen LogP contribution in [0.2, 0.25) is 0 Å². The van der Waals surface area contributed by atoms with Gasteiger partial charge in [-0.1, -0.05) is 6.92 Å². The number of nitrogens with zero attached hydrogens (tertiary/aromatic N) is 1. The van der Waals surface area contributed by atoms with Gasteiger partial charge in [-0.3, -0.25) is 4.79 Å². The summed E-state index contributed by atoms with van der Waals surface area (Å²) in [7, 11) is 0. The maximum Gasteiger partial charge on any atom is 0.259 e. The number of carbonyl (C=O) groups is 1. The minimum absolute atomic E-state index is 0.216. The Hall–Kier alpha value is -2.16. The summed E-state index contributed by atoms with van der Waals surface area (Å²) in [5.74, 6) is -2.37. The van der Waals surface area contributed by atoms with Crippen molar-refractivity contribution < 1.29 is 18.3 Å². The smallest absolute Gasteiger partial charge is 0.259 e. The molecule has 1 atom stereocenters. The van der Waals surface area contributed by atoms with Gasteiger partial charge in [0.1, 0.15) is 11.4 Å². The van der Waals surface area contributed by atoms with Gasteiger partial charge >= 0.3 is 0 Å². The molecular formula is C13H14F2N2O2. The summed E-state index contributed by atoms with van der Waals surface area (Å²) < 4.78 is 30.8. The van der Waals surface area contributed by atoms with Gasteiger partial charge in [0.15, 0.2) is 18.2 Å². The molecule has 0 saturated heterocycles. The molecule has 6 heteroatoms. The molecule has 0 spiro atoms. The van der Waals surface area contributed by atoms with Crippen molar-refractivity contribution in [2.45, 2.75) is 25.8 Å². The van der Waals surface area contributed by atoms with Crippen LogP contribution in [-0.2, 0) is 4.79 Å². The van der Waals surface area contributed by atoms with Crippen molar-refractivity contribution in [3.8, 4) is 11.8 Å². The van der Waals surface area contributed by atoms with E-state index < -0.39 is 29.7 Å². The zero-order chi connectivity index (χ0) is 14.5. The molecule has 0 radical (unpaired) electrons. The molecule has 19 heavy (non-hydrogen) atoms. The van der Waals surface area contributed by atoms with Gasteiger partial charge in [-0.25, -0.2) is 8.78 Å². The normalized spacial score (nSPS) is 13.2. The second-order valence-corrected chi connectivity index (χ2v) is 4.21. The van der Waals surface area contributed by atoms with Gasteiger partial charge < -0.3 is 10.1 Å². The molecule has 4 nitrogen and oxygen atoms in total. The van der Waals surface area contributed by atoms with Crippen molar-refractivity contribution in [3.05, 3.63) is 29.8 Å². The predicted octanol–water partition coefficient (Wildman–Crippen LogP) is 2.15. The van der Waals surface area contributed by atoms with Crippen LogP contribution in [0.5, 0.6) is 5.75 Å². The number of ether oxygens (including phenoxy) is 1. The molecule has 0 unspecified atom stereocenters. The number of amides is 1. The zero-order valence-corrected chi connectivity index (χ0v) is 10.7.